The quantitative estimate of drug-likeness (QED) is 0.822. The fourth-order valence-electron chi connectivity index (χ4n) is 1.78. The monoisotopic (exact) mass is 252 g/mol. The highest BCUT2D eigenvalue weighted by atomic mass is 35.5. The Morgan fingerprint density at radius 1 is 1.35 bits per heavy atom. The van der Waals surface area contributed by atoms with Crippen molar-refractivity contribution in [2.24, 2.45) is 0 Å². The van der Waals surface area contributed by atoms with E-state index in [2.05, 4.69) is 0 Å². The molecule has 0 bridgehead atoms. The van der Waals surface area contributed by atoms with Crippen LogP contribution in [0.15, 0.2) is 30.0 Å². The molecule has 0 saturated carbocycles. The normalized spacial score (nSPS) is 24.1. The first-order valence-electron chi connectivity index (χ1n) is 5.41. The minimum Gasteiger partial charge on any atom is -0.507 e. The van der Waals surface area contributed by atoms with Crippen molar-refractivity contribution in [3.8, 4) is 0 Å². The van der Waals surface area contributed by atoms with Crippen LogP contribution < -0.4 is 0 Å². The van der Waals surface area contributed by atoms with E-state index in [-0.39, 0.29) is 11.3 Å². The summed E-state index contributed by atoms with van der Waals surface area (Å²) < 4.78 is 5.21. The molecule has 0 aliphatic carbocycles. The fraction of sp³-hybridized carbons (Fsp3) is 0.308. The highest BCUT2D eigenvalue weighted by Gasteiger charge is 2.43. The lowest BCUT2D eigenvalue weighted by atomic mass is 9.96. The summed E-state index contributed by atoms with van der Waals surface area (Å²) in [4.78, 5) is 11.8. The largest absolute Gasteiger partial charge is 0.507 e. The number of hydrogen-bond donors (Lipinski definition) is 1. The highest BCUT2D eigenvalue weighted by molar-refractivity contribution is 6.30. The van der Waals surface area contributed by atoms with Crippen LogP contribution in [0.2, 0.25) is 5.02 Å². The van der Waals surface area contributed by atoms with E-state index >= 15 is 0 Å². The van der Waals surface area contributed by atoms with Crippen LogP contribution in [0.25, 0.3) is 5.57 Å². The van der Waals surface area contributed by atoms with E-state index in [0.717, 1.165) is 0 Å². The van der Waals surface area contributed by atoms with Crippen LogP contribution in [-0.4, -0.2) is 16.7 Å². The van der Waals surface area contributed by atoms with Gasteiger partial charge in [-0.05, 0) is 31.0 Å². The number of carbonyl (C=O) groups is 1. The lowest BCUT2D eigenvalue weighted by Crippen LogP contribution is -2.26. The molecule has 4 heteroatoms. The Bertz CT molecular complexity index is 490. The number of aliphatic hydroxyl groups is 1. The molecule has 3 nitrogen and oxygen atoms in total. The maximum atomic E-state index is 11.8. The molecule has 1 atom stereocenters. The van der Waals surface area contributed by atoms with Crippen LogP contribution in [0.1, 0.15) is 25.8 Å². The molecular weight excluding hydrogens is 240 g/mol. The van der Waals surface area contributed by atoms with Gasteiger partial charge in [0.15, 0.2) is 11.4 Å². The molecule has 1 aliphatic rings. The summed E-state index contributed by atoms with van der Waals surface area (Å²) >= 11 is 5.78. The Morgan fingerprint density at radius 3 is 2.41 bits per heavy atom. The zero-order valence-electron chi connectivity index (χ0n) is 9.66. The van der Waals surface area contributed by atoms with Crippen LogP contribution in [0.4, 0.5) is 0 Å². The van der Waals surface area contributed by atoms with Gasteiger partial charge in [-0.15, -0.1) is 0 Å². The fourth-order valence-corrected chi connectivity index (χ4v) is 1.90. The second kappa shape index (κ2) is 4.08. The molecule has 1 aromatic carbocycles. The number of rotatable bonds is 2. The van der Waals surface area contributed by atoms with E-state index in [1.54, 1.807) is 31.2 Å². The molecule has 1 aromatic rings. The molecule has 17 heavy (non-hydrogen) atoms. The Morgan fingerprint density at radius 2 is 1.94 bits per heavy atom. The van der Waals surface area contributed by atoms with Gasteiger partial charge in [-0.3, -0.25) is 0 Å². The molecule has 1 aliphatic heterocycles. The summed E-state index contributed by atoms with van der Waals surface area (Å²) in [6, 6.07) is 6.73. The van der Waals surface area contributed by atoms with Crippen LogP contribution in [-0.2, 0) is 9.53 Å². The van der Waals surface area contributed by atoms with Gasteiger partial charge in [0.25, 0.3) is 0 Å². The van der Waals surface area contributed by atoms with Gasteiger partial charge in [0.1, 0.15) is 5.57 Å². The summed E-state index contributed by atoms with van der Waals surface area (Å²) in [6.07, 6.45) is 0.529. The molecule has 1 N–H and O–H groups in total. The standard InChI is InChI=1S/C13H13ClO3/c1-3-13(2)11(15)10(12(16)17-13)8-4-6-9(14)7-5-8/h4-7,15H,3H2,1-2H3. The third-order valence-electron chi connectivity index (χ3n) is 3.07. The van der Waals surface area contributed by atoms with Gasteiger partial charge in [0, 0.05) is 5.02 Å². The van der Waals surface area contributed by atoms with Crippen molar-refractivity contribution in [2.45, 2.75) is 25.9 Å². The van der Waals surface area contributed by atoms with Gasteiger partial charge >= 0.3 is 5.97 Å². The van der Waals surface area contributed by atoms with Crippen LogP contribution in [0.5, 0.6) is 0 Å². The Kier molecular flexibility index (Phi) is 2.87. The first kappa shape index (κ1) is 12.0. The zero-order chi connectivity index (χ0) is 12.6. The molecule has 1 heterocycles. The predicted molar refractivity (Wildman–Crippen MR) is 65.8 cm³/mol. The van der Waals surface area contributed by atoms with E-state index in [0.29, 0.717) is 17.0 Å². The SMILES string of the molecule is CCC1(C)OC(=O)C(c2ccc(Cl)cc2)=C1O. The van der Waals surface area contributed by atoms with Crippen molar-refractivity contribution in [3.05, 3.63) is 40.6 Å². The minimum atomic E-state index is -0.911. The van der Waals surface area contributed by atoms with Gasteiger partial charge in [0.05, 0.1) is 0 Å². The minimum absolute atomic E-state index is 0.00711. The second-order valence-corrected chi connectivity index (χ2v) is 4.64. The van der Waals surface area contributed by atoms with Crippen molar-refractivity contribution in [1.29, 1.82) is 0 Å². The molecular formula is C13H13ClO3. The smallest absolute Gasteiger partial charge is 0.343 e. The number of esters is 1. The van der Waals surface area contributed by atoms with Crippen molar-refractivity contribution in [2.75, 3.05) is 0 Å². The Hall–Kier alpha value is -1.48. The number of halogens is 1. The summed E-state index contributed by atoms with van der Waals surface area (Å²) in [6.45, 7) is 3.55. The summed E-state index contributed by atoms with van der Waals surface area (Å²) in [5, 5.41) is 10.7. The summed E-state index contributed by atoms with van der Waals surface area (Å²) in [5.74, 6) is -0.499. The van der Waals surface area contributed by atoms with Gasteiger partial charge in [-0.1, -0.05) is 30.7 Å². The molecule has 0 amide bonds. The number of hydrogen-bond acceptors (Lipinski definition) is 3. The summed E-state index contributed by atoms with van der Waals surface area (Å²) in [5.41, 5.74) is -0.0634. The van der Waals surface area contributed by atoms with E-state index in [9.17, 15) is 9.90 Å². The average molecular weight is 253 g/mol. The van der Waals surface area contributed by atoms with Crippen LogP contribution >= 0.6 is 11.6 Å². The van der Waals surface area contributed by atoms with Gasteiger partial charge in [0.2, 0.25) is 0 Å². The van der Waals surface area contributed by atoms with E-state index in [1.807, 2.05) is 6.92 Å². The third-order valence-corrected chi connectivity index (χ3v) is 3.32. The van der Waals surface area contributed by atoms with Crippen LogP contribution in [0, 0.1) is 0 Å². The molecule has 0 fully saturated rings. The number of ether oxygens (including phenoxy) is 1. The second-order valence-electron chi connectivity index (χ2n) is 4.20. The zero-order valence-corrected chi connectivity index (χ0v) is 10.4. The number of cyclic esters (lactones) is 1. The Labute approximate surface area is 105 Å². The van der Waals surface area contributed by atoms with E-state index < -0.39 is 11.6 Å². The molecule has 2 rings (SSSR count). The Balaban J connectivity index is 2.50. The van der Waals surface area contributed by atoms with Crippen LogP contribution in [0.3, 0.4) is 0 Å². The number of carbonyl (C=O) groups excluding carboxylic acids is 1. The lowest BCUT2D eigenvalue weighted by molar-refractivity contribution is -0.145. The molecule has 90 valence electrons. The van der Waals surface area contributed by atoms with Crippen molar-refractivity contribution >= 4 is 23.1 Å². The van der Waals surface area contributed by atoms with Crippen molar-refractivity contribution in [3.63, 3.8) is 0 Å². The predicted octanol–water partition coefficient (Wildman–Crippen LogP) is 3.33. The first-order valence-corrected chi connectivity index (χ1v) is 5.78. The molecule has 0 radical (unpaired) electrons. The van der Waals surface area contributed by atoms with Gasteiger partial charge in [-0.2, -0.15) is 0 Å². The molecule has 0 aromatic heterocycles. The van der Waals surface area contributed by atoms with Crippen molar-refractivity contribution < 1.29 is 14.6 Å². The maximum Gasteiger partial charge on any atom is 0.343 e. The summed E-state index contributed by atoms with van der Waals surface area (Å²) in [7, 11) is 0. The van der Waals surface area contributed by atoms with Gasteiger partial charge < -0.3 is 9.84 Å². The number of aliphatic hydroxyl groups excluding tert-OH is 1. The molecule has 0 spiro atoms. The van der Waals surface area contributed by atoms with E-state index in [4.69, 9.17) is 16.3 Å². The maximum absolute atomic E-state index is 11.8. The van der Waals surface area contributed by atoms with E-state index in [1.165, 1.54) is 0 Å². The third kappa shape index (κ3) is 1.91. The first-order chi connectivity index (χ1) is 7.98. The number of benzene rings is 1. The highest BCUT2D eigenvalue weighted by Crippen LogP contribution is 2.38. The average Bonchev–Trinajstić information content (AvgIpc) is 2.53. The molecule has 0 saturated heterocycles. The van der Waals surface area contributed by atoms with Gasteiger partial charge in [-0.25, -0.2) is 4.79 Å². The lowest BCUT2D eigenvalue weighted by Gasteiger charge is -2.20. The van der Waals surface area contributed by atoms with Crippen molar-refractivity contribution in [1.82, 2.24) is 0 Å². The topological polar surface area (TPSA) is 46.5 Å². The molecule has 1 unspecified atom stereocenters.